The van der Waals surface area contributed by atoms with Crippen LogP contribution in [0.5, 0.6) is 23.0 Å². The fraction of sp³-hybridized carbons (Fsp3) is 0.279. The Morgan fingerprint density at radius 3 is 1.40 bits per heavy atom. The summed E-state index contributed by atoms with van der Waals surface area (Å²) in [5.41, 5.74) is 1.84. The summed E-state index contributed by atoms with van der Waals surface area (Å²) in [5, 5.41) is 0. The van der Waals surface area contributed by atoms with Gasteiger partial charge in [0.1, 0.15) is 42.0 Å². The summed E-state index contributed by atoms with van der Waals surface area (Å²) >= 11 is 0. The maximum absolute atomic E-state index is 13.1. The second-order valence-electron chi connectivity index (χ2n) is 12.3. The first-order valence-electron chi connectivity index (χ1n) is 17.8. The Labute approximate surface area is 304 Å². The molecule has 2 amide bonds. The van der Waals surface area contributed by atoms with Gasteiger partial charge in [-0.25, -0.2) is 9.29 Å². The zero-order valence-electron chi connectivity index (χ0n) is 29.2. The molecule has 1 aliphatic heterocycles. The van der Waals surface area contributed by atoms with Crippen molar-refractivity contribution >= 4 is 29.4 Å². The molecule has 4 aromatic carbocycles. The van der Waals surface area contributed by atoms with Crippen molar-refractivity contribution in [3.8, 4) is 23.0 Å². The van der Waals surface area contributed by atoms with Crippen molar-refractivity contribution in [1.29, 1.82) is 0 Å². The number of ketones is 1. The smallest absolute Gasteiger partial charge is 0.258 e. The van der Waals surface area contributed by atoms with Crippen molar-refractivity contribution in [3.63, 3.8) is 0 Å². The minimum Gasteiger partial charge on any atom is -0.494 e. The summed E-state index contributed by atoms with van der Waals surface area (Å²) in [7, 11) is 0. The largest absolute Gasteiger partial charge is 0.494 e. The second kappa shape index (κ2) is 20.2. The van der Waals surface area contributed by atoms with Crippen LogP contribution in [0.15, 0.2) is 115 Å². The Bertz CT molecular complexity index is 1770. The van der Waals surface area contributed by atoms with Crippen LogP contribution in [0.1, 0.15) is 67.3 Å². The topological polar surface area (TPSA) is 91.4 Å². The lowest BCUT2D eigenvalue weighted by Crippen LogP contribution is -2.29. The van der Waals surface area contributed by atoms with Crippen LogP contribution in [-0.2, 0) is 9.59 Å². The average molecular weight is 706 g/mol. The van der Waals surface area contributed by atoms with Crippen LogP contribution in [0, 0.1) is 5.82 Å². The summed E-state index contributed by atoms with van der Waals surface area (Å²) < 4.78 is 36.3. The molecule has 1 aliphatic rings. The SMILES string of the molecule is O=C(/C=C/c1ccc(OCCOc2ccc(OCCCCCCCCCCOc3ccc(N4C(=O)C=CC4=O)cc3)cc2)cc1)c1ccc(F)cc1. The Balaban J connectivity index is 0.833. The molecule has 0 bridgehead atoms. The van der Waals surface area contributed by atoms with E-state index in [1.807, 2.05) is 48.5 Å². The number of nitrogens with zero attached hydrogens (tertiary/aromatic N) is 1. The van der Waals surface area contributed by atoms with E-state index in [9.17, 15) is 18.8 Å². The van der Waals surface area contributed by atoms with Crippen LogP contribution < -0.4 is 23.8 Å². The molecular formula is C43H44FNO7. The highest BCUT2D eigenvalue weighted by Crippen LogP contribution is 2.23. The van der Waals surface area contributed by atoms with Crippen LogP contribution in [0.25, 0.3) is 6.08 Å². The normalized spacial score (nSPS) is 12.4. The fourth-order valence-electron chi connectivity index (χ4n) is 5.50. The highest BCUT2D eigenvalue weighted by atomic mass is 19.1. The van der Waals surface area contributed by atoms with Gasteiger partial charge in [-0.3, -0.25) is 14.4 Å². The highest BCUT2D eigenvalue weighted by Gasteiger charge is 2.24. The number of hydrogen-bond acceptors (Lipinski definition) is 7. The van der Waals surface area contributed by atoms with Crippen LogP contribution in [0.4, 0.5) is 10.1 Å². The van der Waals surface area contributed by atoms with E-state index in [0.29, 0.717) is 43.4 Å². The van der Waals surface area contributed by atoms with Gasteiger partial charge < -0.3 is 18.9 Å². The van der Waals surface area contributed by atoms with E-state index in [1.54, 1.807) is 30.3 Å². The third-order valence-corrected chi connectivity index (χ3v) is 8.36. The summed E-state index contributed by atoms with van der Waals surface area (Å²) in [6, 6.07) is 27.5. The number of unbranched alkanes of at least 4 members (excludes halogenated alkanes) is 7. The third kappa shape index (κ3) is 12.3. The van der Waals surface area contributed by atoms with Gasteiger partial charge in [0.15, 0.2) is 5.78 Å². The van der Waals surface area contributed by atoms with Crippen molar-refractivity contribution in [1.82, 2.24) is 0 Å². The van der Waals surface area contributed by atoms with E-state index in [0.717, 1.165) is 53.4 Å². The molecule has 0 N–H and O–H groups in total. The summed E-state index contributed by atoms with van der Waals surface area (Å²) in [6.45, 7) is 2.11. The molecule has 0 fully saturated rings. The quantitative estimate of drug-likeness (QED) is 0.0349. The highest BCUT2D eigenvalue weighted by molar-refractivity contribution is 6.28. The van der Waals surface area contributed by atoms with Crippen molar-refractivity contribution in [2.24, 2.45) is 0 Å². The lowest BCUT2D eigenvalue weighted by atomic mass is 10.1. The Kier molecular flexibility index (Phi) is 14.6. The average Bonchev–Trinajstić information content (AvgIpc) is 3.51. The predicted molar refractivity (Wildman–Crippen MR) is 200 cm³/mol. The minimum absolute atomic E-state index is 0.189. The molecule has 1 heterocycles. The van der Waals surface area contributed by atoms with E-state index in [4.69, 9.17) is 18.9 Å². The molecular weight excluding hydrogens is 661 g/mol. The molecule has 0 radical (unpaired) electrons. The van der Waals surface area contributed by atoms with E-state index in [2.05, 4.69) is 0 Å². The van der Waals surface area contributed by atoms with Crippen molar-refractivity contribution in [2.45, 2.75) is 51.4 Å². The number of anilines is 1. The summed E-state index contributed by atoms with van der Waals surface area (Å²) in [6.07, 6.45) is 14.8. The molecule has 4 aromatic rings. The maximum Gasteiger partial charge on any atom is 0.258 e. The lowest BCUT2D eigenvalue weighted by molar-refractivity contribution is -0.120. The second-order valence-corrected chi connectivity index (χ2v) is 12.3. The molecule has 0 atom stereocenters. The molecule has 52 heavy (non-hydrogen) atoms. The maximum atomic E-state index is 13.1. The number of rotatable bonds is 22. The van der Waals surface area contributed by atoms with Crippen molar-refractivity contribution < 1.29 is 37.7 Å². The number of carbonyl (C=O) groups is 3. The molecule has 0 aliphatic carbocycles. The van der Waals surface area contributed by atoms with Gasteiger partial charge in [-0.2, -0.15) is 0 Å². The Morgan fingerprint density at radius 2 is 0.923 bits per heavy atom. The van der Waals surface area contributed by atoms with Gasteiger partial charge in [0.25, 0.3) is 11.8 Å². The van der Waals surface area contributed by atoms with E-state index in [-0.39, 0.29) is 23.4 Å². The molecule has 9 heteroatoms. The summed E-state index contributed by atoms with van der Waals surface area (Å²) in [5.74, 6) is 1.80. The molecule has 0 spiro atoms. The van der Waals surface area contributed by atoms with Crippen LogP contribution in [-0.4, -0.2) is 44.0 Å². The predicted octanol–water partition coefficient (Wildman–Crippen LogP) is 9.19. The summed E-state index contributed by atoms with van der Waals surface area (Å²) in [4.78, 5) is 36.9. The number of allylic oxidation sites excluding steroid dienone is 1. The van der Waals surface area contributed by atoms with Gasteiger partial charge in [-0.05, 0) is 109 Å². The first-order valence-corrected chi connectivity index (χ1v) is 17.8. The number of hydrogen-bond donors (Lipinski definition) is 0. The molecule has 5 rings (SSSR count). The van der Waals surface area contributed by atoms with Crippen LogP contribution in [0.2, 0.25) is 0 Å². The number of ether oxygens (including phenoxy) is 4. The molecule has 0 saturated carbocycles. The molecule has 0 unspecified atom stereocenters. The van der Waals surface area contributed by atoms with Gasteiger partial charge in [0.2, 0.25) is 0 Å². The first-order chi connectivity index (χ1) is 25.4. The zero-order valence-corrected chi connectivity index (χ0v) is 29.2. The van der Waals surface area contributed by atoms with Gasteiger partial charge >= 0.3 is 0 Å². The molecule has 0 aromatic heterocycles. The lowest BCUT2D eigenvalue weighted by Gasteiger charge is -2.14. The fourth-order valence-corrected chi connectivity index (χ4v) is 5.50. The molecule has 0 saturated heterocycles. The number of halogens is 1. The van der Waals surface area contributed by atoms with Crippen LogP contribution >= 0.6 is 0 Å². The van der Waals surface area contributed by atoms with Crippen LogP contribution in [0.3, 0.4) is 0 Å². The molecule has 8 nitrogen and oxygen atoms in total. The van der Waals surface area contributed by atoms with E-state index >= 15 is 0 Å². The number of benzene rings is 4. The zero-order chi connectivity index (χ0) is 36.4. The van der Waals surface area contributed by atoms with Gasteiger partial charge in [0, 0.05) is 17.7 Å². The van der Waals surface area contributed by atoms with Crippen molar-refractivity contribution in [3.05, 3.63) is 132 Å². The van der Waals surface area contributed by atoms with Crippen molar-refractivity contribution in [2.75, 3.05) is 31.3 Å². The number of carbonyl (C=O) groups excluding carboxylic acids is 3. The van der Waals surface area contributed by atoms with Gasteiger partial charge in [-0.1, -0.05) is 56.7 Å². The Hall–Kier alpha value is -5.70. The van der Waals surface area contributed by atoms with Gasteiger partial charge in [0.05, 0.1) is 18.9 Å². The monoisotopic (exact) mass is 705 g/mol. The number of imide groups is 1. The first kappa shape index (κ1) is 37.6. The standard InChI is InChI=1S/C43H44FNO7/c44-35-14-12-34(13-15-35)41(46)26-11-33-9-18-37(19-10-33)51-31-32-52-40-24-22-39(23-25-40)50-30-8-6-4-2-1-3-5-7-29-49-38-20-16-36(17-21-38)45-42(47)27-28-43(45)48/h9-28H,1-8,29-32H2/b26-11+. The third-order valence-electron chi connectivity index (χ3n) is 8.36. The minimum atomic E-state index is -0.373. The van der Waals surface area contributed by atoms with Gasteiger partial charge in [-0.15, -0.1) is 0 Å². The van der Waals surface area contributed by atoms with E-state index in [1.165, 1.54) is 68.2 Å². The van der Waals surface area contributed by atoms with E-state index < -0.39 is 0 Å². The number of amides is 2. The Morgan fingerprint density at radius 1 is 0.519 bits per heavy atom. The molecule has 270 valence electrons.